The van der Waals surface area contributed by atoms with Crippen molar-refractivity contribution in [3.05, 3.63) is 28.8 Å². The number of thioether (sulfide) groups is 1. The van der Waals surface area contributed by atoms with Crippen LogP contribution in [-0.2, 0) is 9.53 Å². The van der Waals surface area contributed by atoms with E-state index in [4.69, 9.17) is 16.3 Å². The minimum atomic E-state index is -0.191. The fourth-order valence-electron chi connectivity index (χ4n) is 2.10. The van der Waals surface area contributed by atoms with Crippen LogP contribution in [0.15, 0.2) is 22.5 Å². The van der Waals surface area contributed by atoms with Gasteiger partial charge in [0.2, 0.25) is 5.13 Å². The summed E-state index contributed by atoms with van der Waals surface area (Å²) in [5, 5.41) is 12.6. The zero-order chi connectivity index (χ0) is 15.7. The van der Waals surface area contributed by atoms with E-state index < -0.39 is 0 Å². The molecule has 8 heteroatoms. The molecule has 2 heterocycles. The number of nitrogens with one attached hydrogen (secondary N) is 1. The van der Waals surface area contributed by atoms with E-state index in [9.17, 15) is 4.79 Å². The number of cyclic esters (lactones) is 1. The van der Waals surface area contributed by atoms with E-state index in [2.05, 4.69) is 15.5 Å². The summed E-state index contributed by atoms with van der Waals surface area (Å²) in [4.78, 5) is 11.7. The van der Waals surface area contributed by atoms with Crippen LogP contribution in [0.25, 0.3) is 0 Å². The number of carbonyl (C=O) groups is 1. The molecule has 2 aromatic rings. The van der Waals surface area contributed by atoms with Gasteiger partial charge >= 0.3 is 5.97 Å². The predicted octanol–water partition coefficient (Wildman–Crippen LogP) is 4.04. The monoisotopic (exact) mass is 355 g/mol. The second kappa shape index (κ2) is 6.44. The van der Waals surface area contributed by atoms with Gasteiger partial charge in [-0.25, -0.2) is 0 Å². The average Bonchev–Trinajstić information content (AvgIpc) is 3.03. The van der Waals surface area contributed by atoms with E-state index >= 15 is 0 Å². The molecule has 0 amide bonds. The SMILES string of the molecule is Cc1c(Cl)cccc1Nc1nnc(S[C@H]2C[C@@H](C)OC2=O)s1. The van der Waals surface area contributed by atoms with Crippen molar-refractivity contribution >= 4 is 51.5 Å². The van der Waals surface area contributed by atoms with Crippen molar-refractivity contribution in [1.82, 2.24) is 10.2 Å². The Labute approximate surface area is 141 Å². The van der Waals surface area contributed by atoms with Gasteiger partial charge in [0.15, 0.2) is 4.34 Å². The molecule has 116 valence electrons. The maximum Gasteiger partial charge on any atom is 0.319 e. The molecule has 0 unspecified atom stereocenters. The molecule has 1 aliphatic heterocycles. The molecule has 1 aliphatic rings. The van der Waals surface area contributed by atoms with Crippen LogP contribution >= 0.6 is 34.7 Å². The summed E-state index contributed by atoms with van der Waals surface area (Å²) in [5.41, 5.74) is 1.86. The second-order valence-corrected chi connectivity index (χ2v) is 7.83. The Hall–Kier alpha value is -1.31. The lowest BCUT2D eigenvalue weighted by Gasteiger charge is -2.07. The number of rotatable bonds is 4. The van der Waals surface area contributed by atoms with E-state index in [1.807, 2.05) is 32.0 Å². The summed E-state index contributed by atoms with van der Waals surface area (Å²) in [6.45, 7) is 3.84. The molecule has 0 saturated carbocycles. The summed E-state index contributed by atoms with van der Waals surface area (Å²) in [6, 6.07) is 5.66. The van der Waals surface area contributed by atoms with Crippen LogP contribution in [0.1, 0.15) is 18.9 Å². The molecule has 0 spiro atoms. The molecule has 0 bridgehead atoms. The van der Waals surface area contributed by atoms with E-state index in [0.29, 0.717) is 16.6 Å². The Bertz CT molecular complexity index is 707. The minimum absolute atomic E-state index is 0.0235. The molecular weight excluding hydrogens is 342 g/mol. The predicted molar refractivity (Wildman–Crippen MR) is 89.2 cm³/mol. The van der Waals surface area contributed by atoms with Crippen LogP contribution in [0, 0.1) is 6.92 Å². The number of hydrogen-bond acceptors (Lipinski definition) is 7. The highest BCUT2D eigenvalue weighted by atomic mass is 35.5. The van der Waals surface area contributed by atoms with Gasteiger partial charge in [0.1, 0.15) is 11.4 Å². The number of hydrogen-bond donors (Lipinski definition) is 1. The Kier molecular flexibility index (Phi) is 4.56. The van der Waals surface area contributed by atoms with Gasteiger partial charge in [0.05, 0.1) is 0 Å². The van der Waals surface area contributed by atoms with Crippen molar-refractivity contribution in [2.75, 3.05) is 5.32 Å². The molecule has 0 radical (unpaired) electrons. The zero-order valence-corrected chi connectivity index (χ0v) is 14.4. The van der Waals surface area contributed by atoms with Crippen molar-refractivity contribution in [2.24, 2.45) is 0 Å². The Morgan fingerprint density at radius 1 is 1.45 bits per heavy atom. The maximum absolute atomic E-state index is 11.7. The summed E-state index contributed by atoms with van der Waals surface area (Å²) in [7, 11) is 0. The van der Waals surface area contributed by atoms with Crippen LogP contribution < -0.4 is 5.32 Å². The normalized spacial score (nSPS) is 21.0. The average molecular weight is 356 g/mol. The van der Waals surface area contributed by atoms with Gasteiger partial charge in [-0.3, -0.25) is 4.79 Å². The summed E-state index contributed by atoms with van der Waals surface area (Å²) in [5.74, 6) is -0.173. The Morgan fingerprint density at radius 3 is 3.00 bits per heavy atom. The summed E-state index contributed by atoms with van der Waals surface area (Å²) in [6.07, 6.45) is 0.684. The first kappa shape index (κ1) is 15.6. The molecule has 3 rings (SSSR count). The third kappa shape index (κ3) is 3.37. The molecule has 1 N–H and O–H groups in total. The lowest BCUT2D eigenvalue weighted by molar-refractivity contribution is -0.140. The van der Waals surface area contributed by atoms with E-state index in [-0.39, 0.29) is 17.3 Å². The number of halogens is 1. The highest BCUT2D eigenvalue weighted by Crippen LogP contribution is 2.36. The highest BCUT2D eigenvalue weighted by Gasteiger charge is 2.33. The number of aromatic nitrogens is 2. The van der Waals surface area contributed by atoms with Crippen molar-refractivity contribution < 1.29 is 9.53 Å². The van der Waals surface area contributed by atoms with Gasteiger partial charge < -0.3 is 10.1 Å². The van der Waals surface area contributed by atoms with E-state index in [0.717, 1.165) is 15.6 Å². The van der Waals surface area contributed by atoms with E-state index in [1.54, 1.807) is 0 Å². The van der Waals surface area contributed by atoms with Crippen LogP contribution in [0.2, 0.25) is 5.02 Å². The topological polar surface area (TPSA) is 64.1 Å². The quantitative estimate of drug-likeness (QED) is 0.835. The van der Waals surface area contributed by atoms with Crippen molar-refractivity contribution in [1.29, 1.82) is 0 Å². The van der Waals surface area contributed by atoms with Crippen molar-refractivity contribution in [3.8, 4) is 0 Å². The number of benzene rings is 1. The van der Waals surface area contributed by atoms with Crippen LogP contribution in [0.5, 0.6) is 0 Å². The van der Waals surface area contributed by atoms with Gasteiger partial charge in [-0.2, -0.15) is 0 Å². The first-order valence-electron chi connectivity index (χ1n) is 6.75. The zero-order valence-electron chi connectivity index (χ0n) is 12.0. The van der Waals surface area contributed by atoms with Crippen LogP contribution in [0.4, 0.5) is 10.8 Å². The van der Waals surface area contributed by atoms with Crippen molar-refractivity contribution in [2.45, 2.75) is 36.0 Å². The first-order chi connectivity index (χ1) is 10.5. The van der Waals surface area contributed by atoms with Gasteiger partial charge in [0.25, 0.3) is 0 Å². The molecule has 2 atom stereocenters. The van der Waals surface area contributed by atoms with E-state index in [1.165, 1.54) is 23.1 Å². The maximum atomic E-state index is 11.7. The molecule has 0 aliphatic carbocycles. The second-order valence-electron chi connectivity index (χ2n) is 5.00. The largest absolute Gasteiger partial charge is 0.462 e. The molecule has 5 nitrogen and oxygen atoms in total. The fraction of sp³-hybridized carbons (Fsp3) is 0.357. The van der Waals surface area contributed by atoms with Gasteiger partial charge in [0, 0.05) is 17.1 Å². The first-order valence-corrected chi connectivity index (χ1v) is 8.83. The van der Waals surface area contributed by atoms with Crippen LogP contribution in [-0.4, -0.2) is 27.5 Å². The van der Waals surface area contributed by atoms with Gasteiger partial charge in [-0.1, -0.05) is 40.8 Å². The standard InChI is InChI=1S/C14H14ClN3O2S2/c1-7-6-11(12(19)20-7)21-14-18-17-13(22-14)16-10-5-3-4-9(15)8(10)2/h3-5,7,11H,6H2,1-2H3,(H,16,17)/t7-,11+/m1/s1. The van der Waals surface area contributed by atoms with Gasteiger partial charge in [-0.05, 0) is 31.5 Å². The van der Waals surface area contributed by atoms with Crippen molar-refractivity contribution in [3.63, 3.8) is 0 Å². The third-order valence-corrected chi connectivity index (χ3v) is 5.82. The molecular formula is C14H14ClN3O2S2. The molecule has 1 saturated heterocycles. The number of esters is 1. The lowest BCUT2D eigenvalue weighted by atomic mass is 10.2. The van der Waals surface area contributed by atoms with Crippen LogP contribution in [0.3, 0.4) is 0 Å². The number of nitrogens with zero attached hydrogens (tertiary/aromatic N) is 2. The summed E-state index contributed by atoms with van der Waals surface area (Å²) < 4.78 is 5.89. The molecule has 1 fully saturated rings. The Morgan fingerprint density at radius 2 is 2.27 bits per heavy atom. The Balaban J connectivity index is 1.69. The van der Waals surface area contributed by atoms with Gasteiger partial charge in [-0.15, -0.1) is 10.2 Å². The molecule has 22 heavy (non-hydrogen) atoms. The minimum Gasteiger partial charge on any atom is -0.462 e. The smallest absolute Gasteiger partial charge is 0.319 e. The molecule has 1 aromatic heterocycles. The lowest BCUT2D eigenvalue weighted by Crippen LogP contribution is -2.08. The number of ether oxygens (including phenoxy) is 1. The highest BCUT2D eigenvalue weighted by molar-refractivity contribution is 8.02. The summed E-state index contributed by atoms with van der Waals surface area (Å²) >= 11 is 8.92. The number of carbonyl (C=O) groups excluding carboxylic acids is 1. The third-order valence-electron chi connectivity index (χ3n) is 3.29. The fourth-order valence-corrected chi connectivity index (χ4v) is 4.40. The molecule has 1 aromatic carbocycles. The number of anilines is 2.